The summed E-state index contributed by atoms with van der Waals surface area (Å²) >= 11 is 0. The molecule has 1 aromatic heterocycles. The number of pyridine rings is 1. The fourth-order valence-corrected chi connectivity index (χ4v) is 2.99. The maximum atomic E-state index is 6.08. The molecule has 1 saturated carbocycles. The first-order valence-corrected chi connectivity index (χ1v) is 7.21. The predicted octanol–water partition coefficient (Wildman–Crippen LogP) is 3.81. The summed E-state index contributed by atoms with van der Waals surface area (Å²) < 4.78 is 0. The van der Waals surface area contributed by atoms with E-state index >= 15 is 0 Å². The van der Waals surface area contributed by atoms with Crippen LogP contribution in [0.25, 0.3) is 10.9 Å². The van der Waals surface area contributed by atoms with E-state index < -0.39 is 0 Å². The lowest BCUT2D eigenvalue weighted by atomic mass is 9.89. The lowest BCUT2D eigenvalue weighted by Crippen LogP contribution is -2.18. The van der Waals surface area contributed by atoms with Crippen molar-refractivity contribution in [2.24, 2.45) is 5.92 Å². The van der Waals surface area contributed by atoms with E-state index in [0.29, 0.717) is 0 Å². The fraction of sp³-hybridized carbons (Fsp3) is 0.438. The highest BCUT2D eigenvalue weighted by atomic mass is 14.9. The molecule has 1 fully saturated rings. The molecule has 3 nitrogen and oxygen atoms in total. The smallest absolute Gasteiger partial charge is 0.0743 e. The summed E-state index contributed by atoms with van der Waals surface area (Å²) in [5.41, 5.74) is 8.88. The van der Waals surface area contributed by atoms with Gasteiger partial charge in [-0.05, 0) is 24.8 Å². The van der Waals surface area contributed by atoms with E-state index in [1.165, 1.54) is 32.1 Å². The minimum absolute atomic E-state index is 0.745. The van der Waals surface area contributed by atoms with E-state index in [1.54, 1.807) is 6.20 Å². The Morgan fingerprint density at radius 1 is 1.16 bits per heavy atom. The van der Waals surface area contributed by atoms with Crippen LogP contribution in [0.1, 0.15) is 32.1 Å². The van der Waals surface area contributed by atoms with Gasteiger partial charge in [0.1, 0.15) is 0 Å². The summed E-state index contributed by atoms with van der Waals surface area (Å²) in [4.78, 5) is 4.37. The van der Waals surface area contributed by atoms with E-state index in [9.17, 15) is 0 Å². The average molecular weight is 255 g/mol. The number of para-hydroxylation sites is 1. The molecule has 1 aliphatic rings. The van der Waals surface area contributed by atoms with Crippen molar-refractivity contribution in [2.75, 3.05) is 17.6 Å². The van der Waals surface area contributed by atoms with Crippen molar-refractivity contribution in [3.63, 3.8) is 0 Å². The molecule has 100 valence electrons. The van der Waals surface area contributed by atoms with Crippen LogP contribution in [0, 0.1) is 5.92 Å². The summed E-state index contributed by atoms with van der Waals surface area (Å²) in [6.45, 7) is 1.03. The Morgan fingerprint density at radius 3 is 2.79 bits per heavy atom. The van der Waals surface area contributed by atoms with Crippen molar-refractivity contribution in [1.29, 1.82) is 0 Å². The van der Waals surface area contributed by atoms with Gasteiger partial charge in [0.15, 0.2) is 0 Å². The Kier molecular flexibility index (Phi) is 3.53. The SMILES string of the molecule is Nc1cnc2ccccc2c1NCC1CCCCC1. The van der Waals surface area contributed by atoms with E-state index in [-0.39, 0.29) is 0 Å². The van der Waals surface area contributed by atoms with Crippen molar-refractivity contribution in [1.82, 2.24) is 4.98 Å². The fourth-order valence-electron chi connectivity index (χ4n) is 2.99. The van der Waals surface area contributed by atoms with Gasteiger partial charge in [-0.15, -0.1) is 0 Å². The number of nitrogens with one attached hydrogen (secondary N) is 1. The number of fused-ring (bicyclic) bond motifs is 1. The zero-order valence-corrected chi connectivity index (χ0v) is 11.2. The summed E-state index contributed by atoms with van der Waals surface area (Å²) in [5.74, 6) is 0.792. The van der Waals surface area contributed by atoms with Gasteiger partial charge in [-0.3, -0.25) is 4.98 Å². The van der Waals surface area contributed by atoms with E-state index in [2.05, 4.69) is 16.4 Å². The highest BCUT2D eigenvalue weighted by Gasteiger charge is 2.14. The monoisotopic (exact) mass is 255 g/mol. The average Bonchev–Trinajstić information content (AvgIpc) is 2.47. The first kappa shape index (κ1) is 12.3. The third kappa shape index (κ3) is 2.65. The highest BCUT2D eigenvalue weighted by molar-refractivity contribution is 5.96. The molecule has 2 aromatic rings. The third-order valence-corrected chi connectivity index (χ3v) is 4.10. The van der Waals surface area contributed by atoms with Gasteiger partial charge in [-0.1, -0.05) is 37.5 Å². The standard InChI is InChI=1S/C16H21N3/c17-14-11-18-15-9-5-4-8-13(15)16(14)19-10-12-6-2-1-3-7-12/h4-5,8-9,11-12H,1-3,6-7,10,17H2,(H,18,19). The normalized spacial score (nSPS) is 16.6. The maximum absolute atomic E-state index is 6.08. The Labute approximate surface area is 114 Å². The van der Waals surface area contributed by atoms with Gasteiger partial charge < -0.3 is 11.1 Å². The molecule has 0 radical (unpaired) electrons. The molecule has 1 heterocycles. The molecule has 1 aliphatic carbocycles. The zero-order chi connectivity index (χ0) is 13.1. The summed E-state index contributed by atoms with van der Waals surface area (Å²) in [7, 11) is 0. The van der Waals surface area contributed by atoms with Crippen LogP contribution in [-0.4, -0.2) is 11.5 Å². The number of nitrogens with two attached hydrogens (primary N) is 1. The van der Waals surface area contributed by atoms with Gasteiger partial charge >= 0.3 is 0 Å². The Morgan fingerprint density at radius 2 is 1.95 bits per heavy atom. The van der Waals surface area contributed by atoms with Gasteiger partial charge in [0, 0.05) is 11.9 Å². The van der Waals surface area contributed by atoms with Crippen LogP contribution < -0.4 is 11.1 Å². The number of benzene rings is 1. The molecule has 3 heteroatoms. The molecular formula is C16H21N3. The number of nitrogens with zero attached hydrogens (tertiary/aromatic N) is 1. The Hall–Kier alpha value is -1.77. The van der Waals surface area contributed by atoms with Crippen LogP contribution in [0.5, 0.6) is 0 Å². The summed E-state index contributed by atoms with van der Waals surface area (Å²) in [6.07, 6.45) is 8.59. The number of rotatable bonds is 3. The third-order valence-electron chi connectivity index (χ3n) is 4.10. The second-order valence-corrected chi connectivity index (χ2v) is 5.49. The van der Waals surface area contributed by atoms with Gasteiger partial charge in [-0.2, -0.15) is 0 Å². The summed E-state index contributed by atoms with van der Waals surface area (Å²) in [5, 5.41) is 4.68. The van der Waals surface area contributed by atoms with E-state index in [4.69, 9.17) is 5.73 Å². The second-order valence-electron chi connectivity index (χ2n) is 5.49. The first-order valence-electron chi connectivity index (χ1n) is 7.21. The molecule has 19 heavy (non-hydrogen) atoms. The van der Waals surface area contributed by atoms with Crippen molar-refractivity contribution in [2.45, 2.75) is 32.1 Å². The lowest BCUT2D eigenvalue weighted by Gasteiger charge is -2.23. The number of hydrogen-bond donors (Lipinski definition) is 2. The Balaban J connectivity index is 1.81. The van der Waals surface area contributed by atoms with Crippen molar-refractivity contribution in [3.05, 3.63) is 30.5 Å². The molecule has 0 bridgehead atoms. The van der Waals surface area contributed by atoms with Gasteiger partial charge in [0.05, 0.1) is 23.1 Å². The molecule has 3 N–H and O–H groups in total. The van der Waals surface area contributed by atoms with Crippen LogP contribution >= 0.6 is 0 Å². The Bertz CT molecular complexity index is 559. The molecule has 0 atom stereocenters. The van der Waals surface area contributed by atoms with Gasteiger partial charge in [0.2, 0.25) is 0 Å². The number of hydrogen-bond acceptors (Lipinski definition) is 3. The molecule has 3 rings (SSSR count). The molecule has 0 amide bonds. The predicted molar refractivity (Wildman–Crippen MR) is 81.2 cm³/mol. The van der Waals surface area contributed by atoms with Crippen LogP contribution in [0.15, 0.2) is 30.5 Å². The van der Waals surface area contributed by atoms with E-state index in [1.807, 2.05) is 18.2 Å². The van der Waals surface area contributed by atoms with Crippen LogP contribution in [0.2, 0.25) is 0 Å². The minimum Gasteiger partial charge on any atom is -0.396 e. The molecule has 0 aliphatic heterocycles. The van der Waals surface area contributed by atoms with Gasteiger partial charge in [0.25, 0.3) is 0 Å². The molecule has 1 aromatic carbocycles. The summed E-state index contributed by atoms with van der Waals surface area (Å²) in [6, 6.07) is 8.16. The number of nitrogen functional groups attached to an aromatic ring is 1. The van der Waals surface area contributed by atoms with Crippen molar-refractivity contribution in [3.8, 4) is 0 Å². The number of anilines is 2. The topological polar surface area (TPSA) is 50.9 Å². The quantitative estimate of drug-likeness (QED) is 0.876. The largest absolute Gasteiger partial charge is 0.396 e. The molecular weight excluding hydrogens is 234 g/mol. The first-order chi connectivity index (χ1) is 9.34. The van der Waals surface area contributed by atoms with Crippen LogP contribution in [-0.2, 0) is 0 Å². The molecule has 0 saturated heterocycles. The van der Waals surface area contributed by atoms with Crippen LogP contribution in [0.4, 0.5) is 11.4 Å². The zero-order valence-electron chi connectivity index (χ0n) is 11.2. The van der Waals surface area contributed by atoms with Crippen molar-refractivity contribution >= 4 is 22.3 Å². The van der Waals surface area contributed by atoms with Crippen molar-refractivity contribution < 1.29 is 0 Å². The number of aromatic nitrogens is 1. The van der Waals surface area contributed by atoms with E-state index in [0.717, 1.165) is 34.7 Å². The maximum Gasteiger partial charge on any atom is 0.0743 e. The second kappa shape index (κ2) is 5.47. The van der Waals surface area contributed by atoms with Gasteiger partial charge in [-0.25, -0.2) is 0 Å². The lowest BCUT2D eigenvalue weighted by molar-refractivity contribution is 0.373. The molecule has 0 unspecified atom stereocenters. The van der Waals surface area contributed by atoms with Crippen LogP contribution in [0.3, 0.4) is 0 Å². The molecule has 0 spiro atoms. The highest BCUT2D eigenvalue weighted by Crippen LogP contribution is 2.29. The minimum atomic E-state index is 0.745.